The zero-order valence-electron chi connectivity index (χ0n) is 16.0. The molecule has 2 aromatic carbocycles. The van der Waals surface area contributed by atoms with Crippen LogP contribution in [0.4, 0.5) is 5.69 Å². The van der Waals surface area contributed by atoms with Crippen molar-refractivity contribution in [2.75, 3.05) is 32.1 Å². The number of methoxy groups -OCH3 is 1. The Morgan fingerprint density at radius 2 is 1.58 bits per heavy atom. The van der Waals surface area contributed by atoms with E-state index in [4.69, 9.17) is 9.47 Å². The van der Waals surface area contributed by atoms with E-state index < -0.39 is 0 Å². The molecule has 0 aliphatic rings. The lowest BCUT2D eigenvalue weighted by Crippen LogP contribution is -2.33. The van der Waals surface area contributed by atoms with Gasteiger partial charge >= 0.3 is 0 Å². The first kappa shape index (κ1) is 19.6. The lowest BCUT2D eigenvalue weighted by Gasteiger charge is -2.19. The minimum absolute atomic E-state index is 0.0665. The molecule has 0 aliphatic heterocycles. The minimum Gasteiger partial charge on any atom is -0.497 e. The second kappa shape index (κ2) is 9.13. The molecule has 0 bridgehead atoms. The first-order chi connectivity index (χ1) is 12.4. The molecule has 2 aromatic rings. The first-order valence-electron chi connectivity index (χ1n) is 8.76. The summed E-state index contributed by atoms with van der Waals surface area (Å²) >= 11 is 0. The first-order valence-corrected chi connectivity index (χ1v) is 8.76. The van der Waals surface area contributed by atoms with E-state index in [0.717, 1.165) is 17.2 Å². The van der Waals surface area contributed by atoms with Crippen LogP contribution in [0, 0.1) is 0 Å². The van der Waals surface area contributed by atoms with Gasteiger partial charge in [0, 0.05) is 5.69 Å². The van der Waals surface area contributed by atoms with Gasteiger partial charge in [-0.25, -0.2) is 0 Å². The van der Waals surface area contributed by atoms with Gasteiger partial charge in [-0.2, -0.15) is 0 Å². The number of anilines is 1. The number of benzene rings is 2. The maximum Gasteiger partial charge on any atom is 0.239 e. The summed E-state index contributed by atoms with van der Waals surface area (Å²) in [5.74, 6) is 1.47. The van der Waals surface area contributed by atoms with Crippen molar-refractivity contribution in [3.63, 3.8) is 0 Å². The minimum atomic E-state index is -0.0665. The Kier molecular flexibility index (Phi) is 6.89. The maximum absolute atomic E-state index is 11.9. The van der Waals surface area contributed by atoms with Crippen LogP contribution in [-0.4, -0.2) is 32.7 Å². The third kappa shape index (κ3) is 6.31. The fourth-order valence-electron chi connectivity index (χ4n) is 2.36. The van der Waals surface area contributed by atoms with Crippen LogP contribution in [0.2, 0.25) is 0 Å². The molecule has 1 amide bonds. The van der Waals surface area contributed by atoms with Crippen LogP contribution in [0.5, 0.6) is 11.5 Å². The molecule has 0 saturated heterocycles. The Hall–Kier alpha value is -2.69. The summed E-state index contributed by atoms with van der Waals surface area (Å²) in [5.41, 5.74) is 2.32. The van der Waals surface area contributed by atoms with Crippen LogP contribution in [0.3, 0.4) is 0 Å². The van der Waals surface area contributed by atoms with E-state index in [2.05, 4.69) is 43.5 Å². The van der Waals surface area contributed by atoms with E-state index in [0.29, 0.717) is 13.2 Å². The fourth-order valence-corrected chi connectivity index (χ4v) is 2.36. The van der Waals surface area contributed by atoms with Crippen molar-refractivity contribution in [3.8, 4) is 11.5 Å². The van der Waals surface area contributed by atoms with E-state index in [1.165, 1.54) is 5.56 Å². The van der Waals surface area contributed by atoms with Crippen molar-refractivity contribution < 1.29 is 14.3 Å². The number of hydrogen-bond acceptors (Lipinski definition) is 4. The molecular formula is C21H28N2O3. The number of rotatable bonds is 8. The number of carbonyl (C=O) groups excluding carboxylic acids is 1. The standard InChI is InChI=1S/C21H28N2O3/c1-21(2,3)16-5-7-17(8-6-16)23-15-20(24)22-13-14-26-19-11-9-18(25-4)10-12-19/h5-12,23H,13-15H2,1-4H3,(H,22,24). The molecule has 0 atom stereocenters. The van der Waals surface area contributed by atoms with Gasteiger partial charge in [-0.05, 0) is 47.4 Å². The highest BCUT2D eigenvalue weighted by atomic mass is 16.5. The lowest BCUT2D eigenvalue weighted by molar-refractivity contribution is -0.119. The van der Waals surface area contributed by atoms with Crippen molar-refractivity contribution in [1.82, 2.24) is 5.32 Å². The van der Waals surface area contributed by atoms with Gasteiger partial charge in [-0.3, -0.25) is 4.79 Å². The largest absolute Gasteiger partial charge is 0.497 e. The zero-order valence-corrected chi connectivity index (χ0v) is 16.0. The van der Waals surface area contributed by atoms with Gasteiger partial charge in [0.25, 0.3) is 0 Å². The summed E-state index contributed by atoms with van der Waals surface area (Å²) in [6, 6.07) is 15.5. The lowest BCUT2D eigenvalue weighted by atomic mass is 9.87. The average molecular weight is 356 g/mol. The summed E-state index contributed by atoms with van der Waals surface area (Å²) in [6.45, 7) is 7.63. The molecule has 140 valence electrons. The highest BCUT2D eigenvalue weighted by Gasteiger charge is 2.12. The van der Waals surface area contributed by atoms with E-state index >= 15 is 0 Å². The molecule has 0 spiro atoms. The van der Waals surface area contributed by atoms with Gasteiger partial charge < -0.3 is 20.1 Å². The topological polar surface area (TPSA) is 59.6 Å². The Bertz CT molecular complexity index is 689. The summed E-state index contributed by atoms with van der Waals surface area (Å²) in [4.78, 5) is 11.9. The molecule has 5 nitrogen and oxygen atoms in total. The van der Waals surface area contributed by atoms with E-state index in [9.17, 15) is 4.79 Å². The molecule has 0 saturated carbocycles. The smallest absolute Gasteiger partial charge is 0.239 e. The quantitative estimate of drug-likeness (QED) is 0.710. The van der Waals surface area contributed by atoms with E-state index in [1.54, 1.807) is 7.11 Å². The Balaban J connectivity index is 1.65. The average Bonchev–Trinajstić information content (AvgIpc) is 2.63. The van der Waals surface area contributed by atoms with Crippen molar-refractivity contribution in [2.24, 2.45) is 0 Å². The molecular weight excluding hydrogens is 328 g/mol. The maximum atomic E-state index is 11.9. The molecule has 0 radical (unpaired) electrons. The van der Waals surface area contributed by atoms with Gasteiger partial charge in [-0.1, -0.05) is 32.9 Å². The summed E-state index contributed by atoms with van der Waals surface area (Å²) in [5, 5.41) is 5.96. The molecule has 2 N–H and O–H groups in total. The summed E-state index contributed by atoms with van der Waals surface area (Å²) in [6.07, 6.45) is 0. The predicted molar refractivity (Wildman–Crippen MR) is 105 cm³/mol. The predicted octanol–water partition coefficient (Wildman–Crippen LogP) is 3.60. The molecule has 26 heavy (non-hydrogen) atoms. The van der Waals surface area contributed by atoms with Crippen LogP contribution in [-0.2, 0) is 10.2 Å². The normalized spacial score (nSPS) is 10.9. The summed E-state index contributed by atoms with van der Waals surface area (Å²) in [7, 11) is 1.62. The monoisotopic (exact) mass is 356 g/mol. The molecule has 0 fully saturated rings. The number of amides is 1. The molecule has 0 aliphatic carbocycles. The molecule has 2 rings (SSSR count). The van der Waals surface area contributed by atoms with E-state index in [1.807, 2.05) is 36.4 Å². The zero-order chi connectivity index (χ0) is 19.0. The van der Waals surface area contributed by atoms with Gasteiger partial charge in [0.2, 0.25) is 5.91 Å². The Morgan fingerprint density at radius 1 is 0.962 bits per heavy atom. The van der Waals surface area contributed by atoms with Crippen LogP contribution in [0.15, 0.2) is 48.5 Å². The van der Waals surface area contributed by atoms with Crippen molar-refractivity contribution >= 4 is 11.6 Å². The van der Waals surface area contributed by atoms with Crippen molar-refractivity contribution in [3.05, 3.63) is 54.1 Å². The third-order valence-electron chi connectivity index (χ3n) is 3.96. The number of ether oxygens (including phenoxy) is 2. The second-order valence-corrected chi connectivity index (χ2v) is 7.05. The fraction of sp³-hybridized carbons (Fsp3) is 0.381. The summed E-state index contributed by atoms with van der Waals surface area (Å²) < 4.78 is 10.7. The third-order valence-corrected chi connectivity index (χ3v) is 3.96. The molecule has 0 heterocycles. The van der Waals surface area contributed by atoms with Crippen LogP contribution in [0.1, 0.15) is 26.3 Å². The molecule has 0 aromatic heterocycles. The van der Waals surface area contributed by atoms with Gasteiger partial charge in [-0.15, -0.1) is 0 Å². The SMILES string of the molecule is COc1ccc(OCCNC(=O)CNc2ccc(C(C)(C)C)cc2)cc1. The van der Waals surface area contributed by atoms with Gasteiger partial charge in [0.05, 0.1) is 20.2 Å². The van der Waals surface area contributed by atoms with Crippen LogP contribution >= 0.6 is 0 Å². The molecule has 5 heteroatoms. The highest BCUT2D eigenvalue weighted by Crippen LogP contribution is 2.23. The van der Waals surface area contributed by atoms with Crippen molar-refractivity contribution in [2.45, 2.75) is 26.2 Å². The van der Waals surface area contributed by atoms with Crippen LogP contribution < -0.4 is 20.1 Å². The number of carbonyl (C=O) groups is 1. The van der Waals surface area contributed by atoms with Gasteiger partial charge in [0.15, 0.2) is 0 Å². The Labute approximate surface area is 155 Å². The van der Waals surface area contributed by atoms with Gasteiger partial charge in [0.1, 0.15) is 18.1 Å². The van der Waals surface area contributed by atoms with E-state index in [-0.39, 0.29) is 17.9 Å². The molecule has 0 unspecified atom stereocenters. The van der Waals surface area contributed by atoms with Crippen molar-refractivity contribution in [1.29, 1.82) is 0 Å². The number of hydrogen-bond donors (Lipinski definition) is 2. The second-order valence-electron chi connectivity index (χ2n) is 7.05. The van der Waals surface area contributed by atoms with Crippen LogP contribution in [0.25, 0.3) is 0 Å². The highest BCUT2D eigenvalue weighted by molar-refractivity contribution is 5.80. The number of nitrogens with one attached hydrogen (secondary N) is 2. The Morgan fingerprint density at radius 3 is 2.15 bits per heavy atom.